The summed E-state index contributed by atoms with van der Waals surface area (Å²) in [6.45, 7) is 1.65. The van der Waals surface area contributed by atoms with Gasteiger partial charge in [-0.3, -0.25) is 4.79 Å². The molecule has 35 heavy (non-hydrogen) atoms. The Bertz CT molecular complexity index is 1320. The molecule has 2 aliphatic carbocycles. The molecule has 1 aromatic carbocycles. The van der Waals surface area contributed by atoms with Crippen LogP contribution >= 0.6 is 12.4 Å². The average Bonchev–Trinajstić information content (AvgIpc) is 3.26. The molecule has 1 aliphatic heterocycles. The molecule has 3 fully saturated rings. The quantitative estimate of drug-likeness (QED) is 0.468. The van der Waals surface area contributed by atoms with E-state index in [2.05, 4.69) is 27.5 Å². The van der Waals surface area contributed by atoms with Gasteiger partial charge in [-0.15, -0.1) is 12.4 Å². The zero-order chi connectivity index (χ0) is 23.2. The Morgan fingerprint density at radius 3 is 2.63 bits per heavy atom. The molecule has 2 saturated carbocycles. The van der Waals surface area contributed by atoms with Crippen molar-refractivity contribution in [3.05, 3.63) is 41.1 Å². The lowest BCUT2D eigenvalue weighted by Crippen LogP contribution is -2.24. The van der Waals surface area contributed by atoms with Crippen LogP contribution in [-0.4, -0.2) is 44.4 Å². The van der Waals surface area contributed by atoms with E-state index in [-0.39, 0.29) is 41.3 Å². The maximum Gasteiger partial charge on any atom is 0.255 e. The van der Waals surface area contributed by atoms with E-state index in [0.29, 0.717) is 17.4 Å². The Kier molecular flexibility index (Phi) is 6.43. The molecule has 1 amide bonds. The Balaban J connectivity index is 0.00000253. The maximum absolute atomic E-state index is 14.9. The van der Waals surface area contributed by atoms with Crippen molar-refractivity contribution in [1.29, 1.82) is 0 Å². The average molecular weight is 498 g/mol. The zero-order valence-electron chi connectivity index (χ0n) is 19.4. The first-order chi connectivity index (χ1) is 16.6. The molecular formula is C25H29ClFN7O. The number of amides is 1. The van der Waals surface area contributed by atoms with Crippen LogP contribution in [0, 0.1) is 17.7 Å². The van der Waals surface area contributed by atoms with Crippen molar-refractivity contribution in [2.45, 2.75) is 63.1 Å². The van der Waals surface area contributed by atoms with Crippen LogP contribution < -0.4 is 16.4 Å². The fraction of sp³-hybridized carbons (Fsp3) is 0.480. The van der Waals surface area contributed by atoms with Crippen molar-refractivity contribution in [3.63, 3.8) is 0 Å². The van der Waals surface area contributed by atoms with Crippen molar-refractivity contribution in [3.8, 4) is 11.8 Å². The minimum Gasteiger partial charge on any atom is -0.367 e. The minimum absolute atomic E-state index is 0. The molecule has 184 valence electrons. The van der Waals surface area contributed by atoms with E-state index in [1.807, 2.05) is 9.25 Å². The van der Waals surface area contributed by atoms with Crippen LogP contribution in [0.5, 0.6) is 0 Å². The van der Waals surface area contributed by atoms with Crippen molar-refractivity contribution in [2.24, 2.45) is 5.73 Å². The molecule has 0 unspecified atom stereocenters. The van der Waals surface area contributed by atoms with Gasteiger partial charge in [-0.2, -0.15) is 5.10 Å². The summed E-state index contributed by atoms with van der Waals surface area (Å²) in [7, 11) is 0. The highest BCUT2D eigenvalue weighted by Gasteiger charge is 2.29. The number of primary amides is 1. The first-order valence-corrected chi connectivity index (χ1v) is 12.2. The van der Waals surface area contributed by atoms with E-state index < -0.39 is 11.7 Å². The van der Waals surface area contributed by atoms with E-state index in [0.717, 1.165) is 63.6 Å². The number of nitrogens with two attached hydrogens (primary N) is 1. The second-order valence-electron chi connectivity index (χ2n) is 9.61. The molecule has 3 aromatic rings. The molecule has 1 atom stereocenters. The monoisotopic (exact) mass is 497 g/mol. The number of carbonyl (C=O) groups is 1. The first-order valence-electron chi connectivity index (χ1n) is 12.2. The van der Waals surface area contributed by atoms with Gasteiger partial charge in [0.1, 0.15) is 17.2 Å². The normalized spacial score (nSPS) is 20.0. The summed E-state index contributed by atoms with van der Waals surface area (Å²) in [5, 5.41) is 11.6. The summed E-state index contributed by atoms with van der Waals surface area (Å²) in [4.78, 5) is 17.0. The van der Waals surface area contributed by atoms with Gasteiger partial charge in [0.05, 0.1) is 29.0 Å². The number of nitrogens with one attached hydrogen (secondary N) is 2. The summed E-state index contributed by atoms with van der Waals surface area (Å²) >= 11 is 0. The Morgan fingerprint density at radius 2 is 1.94 bits per heavy atom. The fourth-order valence-electron chi connectivity index (χ4n) is 5.18. The summed E-state index contributed by atoms with van der Waals surface area (Å²) < 4.78 is 18.8. The third kappa shape index (κ3) is 4.48. The van der Waals surface area contributed by atoms with Crippen LogP contribution in [-0.2, 0) is 0 Å². The number of benzene rings is 1. The van der Waals surface area contributed by atoms with Crippen molar-refractivity contribution in [2.75, 3.05) is 18.4 Å². The second kappa shape index (κ2) is 9.51. The van der Waals surface area contributed by atoms with Crippen LogP contribution in [0.3, 0.4) is 0 Å². The van der Waals surface area contributed by atoms with Gasteiger partial charge in [0.15, 0.2) is 5.69 Å². The number of nitrogens with zero attached hydrogens (tertiary/aromatic N) is 4. The molecule has 8 nitrogen and oxygen atoms in total. The predicted molar refractivity (Wildman–Crippen MR) is 134 cm³/mol. The SMILES string of the molecule is Cl.NC(=O)c1c(C#Cc2cc3ncn(C4CC4)c3cc2F)nn([C@H]2CCNC2)c1NC1CCCC1. The van der Waals surface area contributed by atoms with Crippen LogP contribution in [0.25, 0.3) is 11.0 Å². The topological polar surface area (TPSA) is 103 Å². The van der Waals surface area contributed by atoms with E-state index in [1.165, 1.54) is 6.07 Å². The van der Waals surface area contributed by atoms with Crippen LogP contribution in [0.1, 0.15) is 78.6 Å². The standard InChI is InChI=1S/C25H28FN7O.ClH/c26-19-12-22-21(29-14-32(22)17-6-7-17)11-15(19)5-8-20-23(24(27)34)25(30-16-3-1-2-4-16)33(31-20)18-9-10-28-13-18;/h11-12,14,16-18,28,30H,1-4,6-7,9-10,13H2,(H2,27,34);1H/t18-;/m0./s1. The summed E-state index contributed by atoms with van der Waals surface area (Å²) in [6.07, 6.45) is 9.28. The molecule has 6 rings (SSSR count). The predicted octanol–water partition coefficient (Wildman–Crippen LogP) is 3.52. The van der Waals surface area contributed by atoms with Gasteiger partial charge in [-0.05, 0) is 50.6 Å². The largest absolute Gasteiger partial charge is 0.367 e. The fourth-order valence-corrected chi connectivity index (χ4v) is 5.18. The van der Waals surface area contributed by atoms with E-state index in [1.54, 1.807) is 12.4 Å². The van der Waals surface area contributed by atoms with E-state index >= 15 is 0 Å². The van der Waals surface area contributed by atoms with Crippen molar-refractivity contribution < 1.29 is 9.18 Å². The maximum atomic E-state index is 14.9. The number of halogens is 2. The molecule has 0 radical (unpaired) electrons. The Morgan fingerprint density at radius 1 is 1.14 bits per heavy atom. The lowest BCUT2D eigenvalue weighted by Gasteiger charge is -2.19. The molecule has 3 aliphatic rings. The highest BCUT2D eigenvalue weighted by atomic mass is 35.5. The van der Waals surface area contributed by atoms with Crippen LogP contribution in [0.2, 0.25) is 0 Å². The number of fused-ring (bicyclic) bond motifs is 1. The third-order valence-corrected chi connectivity index (χ3v) is 7.15. The van der Waals surface area contributed by atoms with Gasteiger partial charge >= 0.3 is 0 Å². The summed E-state index contributed by atoms with van der Waals surface area (Å²) in [5.41, 5.74) is 8.09. The van der Waals surface area contributed by atoms with Gasteiger partial charge in [0, 0.05) is 24.7 Å². The van der Waals surface area contributed by atoms with E-state index in [4.69, 9.17) is 10.8 Å². The Hall–Kier alpha value is -3.09. The summed E-state index contributed by atoms with van der Waals surface area (Å²) in [5.74, 6) is 5.49. The van der Waals surface area contributed by atoms with Crippen molar-refractivity contribution in [1.82, 2.24) is 24.6 Å². The van der Waals surface area contributed by atoms with Gasteiger partial charge in [-0.1, -0.05) is 18.8 Å². The molecule has 0 spiro atoms. The van der Waals surface area contributed by atoms with Gasteiger partial charge in [0.25, 0.3) is 5.91 Å². The highest BCUT2D eigenvalue weighted by molar-refractivity contribution is 6.00. The van der Waals surface area contributed by atoms with Crippen LogP contribution in [0.15, 0.2) is 18.5 Å². The molecule has 10 heteroatoms. The number of hydrogen-bond acceptors (Lipinski definition) is 5. The molecule has 4 N–H and O–H groups in total. The molecule has 3 heterocycles. The minimum atomic E-state index is -0.582. The number of anilines is 1. The van der Waals surface area contributed by atoms with Gasteiger partial charge in [0.2, 0.25) is 0 Å². The first kappa shape index (κ1) is 23.6. The van der Waals surface area contributed by atoms with Crippen LogP contribution in [0.4, 0.5) is 10.2 Å². The molecule has 2 aromatic heterocycles. The smallest absolute Gasteiger partial charge is 0.255 e. The highest BCUT2D eigenvalue weighted by Crippen LogP contribution is 2.37. The number of hydrogen-bond donors (Lipinski definition) is 3. The number of aromatic nitrogens is 4. The lowest BCUT2D eigenvalue weighted by atomic mass is 10.1. The zero-order valence-corrected chi connectivity index (χ0v) is 20.2. The number of rotatable bonds is 5. The number of carbonyl (C=O) groups excluding carboxylic acids is 1. The Labute approximate surface area is 209 Å². The summed E-state index contributed by atoms with van der Waals surface area (Å²) in [6, 6.07) is 3.97. The van der Waals surface area contributed by atoms with Gasteiger partial charge < -0.3 is 20.9 Å². The molecule has 1 saturated heterocycles. The van der Waals surface area contributed by atoms with E-state index in [9.17, 15) is 9.18 Å². The second-order valence-corrected chi connectivity index (χ2v) is 9.61. The number of imidazole rings is 1. The molecule has 0 bridgehead atoms. The lowest BCUT2D eigenvalue weighted by molar-refractivity contribution is 0.100. The van der Waals surface area contributed by atoms with Gasteiger partial charge in [-0.25, -0.2) is 14.1 Å². The molecular weight excluding hydrogens is 469 g/mol. The van der Waals surface area contributed by atoms with Crippen molar-refractivity contribution >= 4 is 35.2 Å². The third-order valence-electron chi connectivity index (χ3n) is 7.15.